The van der Waals surface area contributed by atoms with Crippen molar-refractivity contribution in [1.29, 1.82) is 0 Å². The van der Waals surface area contributed by atoms with Gasteiger partial charge in [0.15, 0.2) is 0 Å². The van der Waals surface area contributed by atoms with Crippen LogP contribution in [-0.2, 0) is 0 Å². The Bertz CT molecular complexity index is 556. The van der Waals surface area contributed by atoms with E-state index < -0.39 is 0 Å². The van der Waals surface area contributed by atoms with Crippen LogP contribution in [0.25, 0.3) is 0 Å². The van der Waals surface area contributed by atoms with E-state index in [1.807, 2.05) is 24.3 Å². The van der Waals surface area contributed by atoms with Crippen molar-refractivity contribution in [3.8, 4) is 5.75 Å². The molecule has 0 aromatic heterocycles. The highest BCUT2D eigenvalue weighted by Crippen LogP contribution is 2.31. The predicted molar refractivity (Wildman–Crippen MR) is 90.3 cm³/mol. The lowest BCUT2D eigenvalue weighted by molar-refractivity contribution is 0.415. The number of unbranched alkanes of at least 4 members (excludes halogenated alkanes) is 1. The average molecular weight is 304 g/mol. The van der Waals surface area contributed by atoms with Crippen LogP contribution in [0.2, 0.25) is 5.02 Å². The molecule has 0 saturated heterocycles. The van der Waals surface area contributed by atoms with Crippen molar-refractivity contribution in [3.05, 3.63) is 59.1 Å². The quantitative estimate of drug-likeness (QED) is 0.709. The van der Waals surface area contributed by atoms with Crippen LogP contribution >= 0.6 is 11.6 Å². The van der Waals surface area contributed by atoms with E-state index in [9.17, 15) is 0 Å². The Kier molecular flexibility index (Phi) is 5.94. The van der Waals surface area contributed by atoms with Crippen LogP contribution in [-0.4, -0.2) is 7.11 Å². The van der Waals surface area contributed by atoms with Crippen LogP contribution in [0.1, 0.15) is 37.8 Å². The Hall–Kier alpha value is -1.67. The van der Waals surface area contributed by atoms with E-state index in [4.69, 9.17) is 16.3 Å². The van der Waals surface area contributed by atoms with Gasteiger partial charge in [0.05, 0.1) is 23.9 Å². The monoisotopic (exact) mass is 303 g/mol. The number of anilines is 1. The van der Waals surface area contributed by atoms with Crippen LogP contribution in [0.4, 0.5) is 5.69 Å². The summed E-state index contributed by atoms with van der Waals surface area (Å²) in [4.78, 5) is 0. The van der Waals surface area contributed by atoms with Crippen molar-refractivity contribution in [3.63, 3.8) is 0 Å². The zero-order chi connectivity index (χ0) is 15.1. The summed E-state index contributed by atoms with van der Waals surface area (Å²) in [6, 6.07) is 16.4. The minimum atomic E-state index is 0.260. The molecule has 0 fully saturated rings. The summed E-state index contributed by atoms with van der Waals surface area (Å²) in [7, 11) is 1.67. The smallest absolute Gasteiger partial charge is 0.121 e. The van der Waals surface area contributed by atoms with Crippen molar-refractivity contribution in [2.45, 2.75) is 32.2 Å². The topological polar surface area (TPSA) is 21.3 Å². The molecule has 21 heavy (non-hydrogen) atoms. The van der Waals surface area contributed by atoms with E-state index in [1.54, 1.807) is 7.11 Å². The summed E-state index contributed by atoms with van der Waals surface area (Å²) in [6.45, 7) is 2.21. The van der Waals surface area contributed by atoms with Gasteiger partial charge in [0.25, 0.3) is 0 Å². The maximum atomic E-state index is 6.30. The van der Waals surface area contributed by atoms with Crippen LogP contribution in [0, 0.1) is 0 Å². The van der Waals surface area contributed by atoms with Gasteiger partial charge in [-0.1, -0.05) is 61.7 Å². The number of hydrogen-bond donors (Lipinski definition) is 1. The molecule has 3 heteroatoms. The summed E-state index contributed by atoms with van der Waals surface area (Å²) < 4.78 is 5.28. The molecule has 2 aromatic rings. The number of nitrogens with one attached hydrogen (secondary N) is 1. The van der Waals surface area contributed by atoms with Gasteiger partial charge < -0.3 is 10.1 Å². The molecule has 0 amide bonds. The fourth-order valence-electron chi connectivity index (χ4n) is 2.35. The minimum absolute atomic E-state index is 0.260. The molecule has 0 heterocycles. The highest BCUT2D eigenvalue weighted by Gasteiger charge is 2.13. The third-order valence-electron chi connectivity index (χ3n) is 3.55. The summed E-state index contributed by atoms with van der Waals surface area (Å²) in [6.07, 6.45) is 3.43. The van der Waals surface area contributed by atoms with Crippen molar-refractivity contribution in [2.24, 2.45) is 0 Å². The second kappa shape index (κ2) is 7.94. The molecule has 0 aliphatic heterocycles. The normalized spacial score (nSPS) is 12.0. The third kappa shape index (κ3) is 4.40. The second-order valence-electron chi connectivity index (χ2n) is 5.10. The van der Waals surface area contributed by atoms with Crippen molar-refractivity contribution in [2.75, 3.05) is 12.4 Å². The summed E-state index contributed by atoms with van der Waals surface area (Å²) in [5.74, 6) is 0.809. The maximum absolute atomic E-state index is 6.30. The molecule has 0 spiro atoms. The fraction of sp³-hybridized carbons (Fsp3) is 0.333. The molecule has 0 saturated carbocycles. The number of halogens is 1. The summed E-state index contributed by atoms with van der Waals surface area (Å²) >= 11 is 6.30. The number of benzene rings is 2. The molecule has 0 radical (unpaired) electrons. The van der Waals surface area contributed by atoms with Gasteiger partial charge in [0.2, 0.25) is 0 Å². The Labute approximate surface area is 132 Å². The highest BCUT2D eigenvalue weighted by molar-refractivity contribution is 6.33. The molecule has 2 rings (SSSR count). The van der Waals surface area contributed by atoms with Crippen LogP contribution in [0.5, 0.6) is 5.75 Å². The lowest BCUT2D eigenvalue weighted by atomic mass is 10.0. The van der Waals surface area contributed by atoms with Crippen LogP contribution < -0.4 is 10.1 Å². The van der Waals surface area contributed by atoms with Crippen molar-refractivity contribution >= 4 is 17.3 Å². The zero-order valence-corrected chi connectivity index (χ0v) is 13.4. The maximum Gasteiger partial charge on any atom is 0.121 e. The van der Waals surface area contributed by atoms with E-state index in [-0.39, 0.29) is 6.04 Å². The van der Waals surface area contributed by atoms with Gasteiger partial charge in [-0.05, 0) is 24.1 Å². The minimum Gasteiger partial charge on any atom is -0.497 e. The SMILES string of the molecule is CCCCC(Nc1cc(OC)ccc1Cl)c1ccccc1. The van der Waals surface area contributed by atoms with Gasteiger partial charge in [-0.2, -0.15) is 0 Å². The third-order valence-corrected chi connectivity index (χ3v) is 3.88. The van der Waals surface area contributed by atoms with E-state index in [0.29, 0.717) is 5.02 Å². The standard InChI is InChI=1S/C18H22ClNO/c1-3-4-10-17(14-8-6-5-7-9-14)20-18-13-15(21-2)11-12-16(18)19/h5-9,11-13,17,20H,3-4,10H2,1-2H3. The van der Waals surface area contributed by atoms with E-state index in [1.165, 1.54) is 18.4 Å². The van der Waals surface area contributed by atoms with Gasteiger partial charge in [0.1, 0.15) is 5.75 Å². The first-order valence-electron chi connectivity index (χ1n) is 7.39. The molecular weight excluding hydrogens is 282 g/mol. The van der Waals surface area contributed by atoms with E-state index in [0.717, 1.165) is 17.9 Å². The van der Waals surface area contributed by atoms with Gasteiger partial charge in [-0.15, -0.1) is 0 Å². The molecular formula is C18H22ClNO. The Morgan fingerprint density at radius 3 is 2.57 bits per heavy atom. The number of ether oxygens (including phenoxy) is 1. The van der Waals surface area contributed by atoms with E-state index in [2.05, 4.69) is 36.5 Å². The zero-order valence-electron chi connectivity index (χ0n) is 12.6. The van der Waals surface area contributed by atoms with Gasteiger partial charge in [0, 0.05) is 6.07 Å². The van der Waals surface area contributed by atoms with Gasteiger partial charge in [-0.25, -0.2) is 0 Å². The molecule has 0 aliphatic rings. The lowest BCUT2D eigenvalue weighted by Gasteiger charge is -2.21. The molecule has 1 atom stereocenters. The first-order valence-corrected chi connectivity index (χ1v) is 7.77. The Balaban J connectivity index is 2.22. The van der Waals surface area contributed by atoms with Crippen molar-refractivity contribution < 1.29 is 4.74 Å². The summed E-state index contributed by atoms with van der Waals surface area (Å²) in [5.41, 5.74) is 2.20. The van der Waals surface area contributed by atoms with E-state index >= 15 is 0 Å². The largest absolute Gasteiger partial charge is 0.497 e. The molecule has 2 nitrogen and oxygen atoms in total. The number of hydrogen-bond acceptors (Lipinski definition) is 2. The van der Waals surface area contributed by atoms with Gasteiger partial charge in [-0.3, -0.25) is 0 Å². The second-order valence-corrected chi connectivity index (χ2v) is 5.50. The van der Waals surface area contributed by atoms with Gasteiger partial charge >= 0.3 is 0 Å². The first kappa shape index (κ1) is 15.7. The number of rotatable bonds is 7. The molecule has 112 valence electrons. The molecule has 0 aliphatic carbocycles. The van der Waals surface area contributed by atoms with Crippen molar-refractivity contribution in [1.82, 2.24) is 0 Å². The predicted octanol–water partition coefficient (Wildman–Crippen LogP) is 5.69. The fourth-order valence-corrected chi connectivity index (χ4v) is 2.52. The molecule has 0 bridgehead atoms. The molecule has 1 N–H and O–H groups in total. The number of methoxy groups -OCH3 is 1. The Morgan fingerprint density at radius 1 is 1.14 bits per heavy atom. The Morgan fingerprint density at radius 2 is 1.90 bits per heavy atom. The highest BCUT2D eigenvalue weighted by atomic mass is 35.5. The lowest BCUT2D eigenvalue weighted by Crippen LogP contribution is -2.11. The van der Waals surface area contributed by atoms with Crippen LogP contribution in [0.3, 0.4) is 0 Å². The first-order chi connectivity index (χ1) is 10.2. The molecule has 1 unspecified atom stereocenters. The molecule has 2 aromatic carbocycles. The van der Waals surface area contributed by atoms with Crippen LogP contribution in [0.15, 0.2) is 48.5 Å². The summed E-state index contributed by atoms with van der Waals surface area (Å²) in [5, 5.41) is 4.28. The average Bonchev–Trinajstić information content (AvgIpc) is 2.54.